The maximum absolute atomic E-state index is 12.2. The Morgan fingerprint density at radius 2 is 1.90 bits per heavy atom. The molecule has 0 fully saturated rings. The molecule has 1 aromatic heterocycles. The van der Waals surface area contributed by atoms with Gasteiger partial charge in [0.1, 0.15) is 0 Å². The zero-order valence-corrected chi connectivity index (χ0v) is 14.1. The highest BCUT2D eigenvalue weighted by atomic mass is 79.9. The van der Waals surface area contributed by atoms with Crippen molar-refractivity contribution in [1.82, 2.24) is 4.98 Å². The van der Waals surface area contributed by atoms with Gasteiger partial charge in [0.2, 0.25) is 10.0 Å². The monoisotopic (exact) mass is 368 g/mol. The number of rotatable bonds is 6. The van der Waals surface area contributed by atoms with Crippen LogP contribution in [0.1, 0.15) is 18.1 Å². The van der Waals surface area contributed by atoms with Gasteiger partial charge in [0.15, 0.2) is 0 Å². The fourth-order valence-electron chi connectivity index (χ4n) is 1.97. The van der Waals surface area contributed by atoms with E-state index in [2.05, 4.69) is 25.6 Å². The van der Waals surface area contributed by atoms with E-state index in [1.54, 1.807) is 18.5 Å². The number of nitrogens with zero attached hydrogens (tertiary/aromatic N) is 1. The van der Waals surface area contributed by atoms with Crippen LogP contribution in [0.15, 0.2) is 47.2 Å². The first-order valence-corrected chi connectivity index (χ1v) is 9.12. The average molecular weight is 369 g/mol. The Morgan fingerprint density at radius 3 is 2.57 bits per heavy atom. The quantitative estimate of drug-likeness (QED) is 0.849. The van der Waals surface area contributed by atoms with Crippen LogP contribution >= 0.6 is 15.9 Å². The lowest BCUT2D eigenvalue weighted by Crippen LogP contribution is -2.19. The lowest BCUT2D eigenvalue weighted by molar-refractivity contribution is 0.600. The van der Waals surface area contributed by atoms with Crippen molar-refractivity contribution in [3.05, 3.63) is 58.3 Å². The highest BCUT2D eigenvalue weighted by Gasteiger charge is 2.13. The predicted molar refractivity (Wildman–Crippen MR) is 88.9 cm³/mol. The molecule has 0 spiro atoms. The number of nitrogens with one attached hydrogen (secondary N) is 1. The number of sulfonamides is 1. The Labute approximate surface area is 133 Å². The summed E-state index contributed by atoms with van der Waals surface area (Å²) in [6, 6.07) is 9.20. The van der Waals surface area contributed by atoms with E-state index in [1.165, 1.54) is 0 Å². The number of anilines is 1. The summed E-state index contributed by atoms with van der Waals surface area (Å²) >= 11 is 3.39. The number of aromatic nitrogens is 1. The molecule has 0 aliphatic carbocycles. The van der Waals surface area contributed by atoms with E-state index in [-0.39, 0.29) is 5.75 Å². The van der Waals surface area contributed by atoms with Gasteiger partial charge in [-0.25, -0.2) is 8.42 Å². The molecule has 0 radical (unpaired) electrons. The number of pyridine rings is 1. The Balaban J connectivity index is 2.07. The van der Waals surface area contributed by atoms with Crippen LogP contribution in [0.3, 0.4) is 0 Å². The minimum atomic E-state index is -3.36. The first kappa shape index (κ1) is 16.0. The Kier molecular flexibility index (Phi) is 5.36. The molecule has 0 saturated carbocycles. The van der Waals surface area contributed by atoms with Crippen LogP contribution in [-0.2, 0) is 22.9 Å². The van der Waals surface area contributed by atoms with Crippen LogP contribution in [0.2, 0.25) is 0 Å². The van der Waals surface area contributed by atoms with Crippen molar-refractivity contribution < 1.29 is 8.42 Å². The molecule has 0 saturated heterocycles. The van der Waals surface area contributed by atoms with Gasteiger partial charge in [-0.2, -0.15) is 0 Å². The fourth-order valence-corrected chi connectivity index (χ4v) is 3.52. The molecule has 2 rings (SSSR count). The van der Waals surface area contributed by atoms with Crippen LogP contribution in [0.25, 0.3) is 0 Å². The second kappa shape index (κ2) is 7.04. The van der Waals surface area contributed by atoms with E-state index in [4.69, 9.17) is 0 Å². The topological polar surface area (TPSA) is 59.1 Å². The summed E-state index contributed by atoms with van der Waals surface area (Å²) in [7, 11) is -3.36. The molecule has 0 unspecified atom stereocenters. The Bertz CT molecular complexity index is 703. The number of aryl methyl sites for hydroxylation is 2. The average Bonchev–Trinajstić information content (AvgIpc) is 2.48. The normalized spacial score (nSPS) is 11.3. The molecule has 112 valence electrons. The SMILES string of the molecule is CCc1cc(Br)ccc1NS(=O)(=O)CCc1ccncc1. The molecule has 1 N–H and O–H groups in total. The molecule has 1 heterocycles. The summed E-state index contributed by atoms with van der Waals surface area (Å²) < 4.78 is 28.0. The van der Waals surface area contributed by atoms with Crippen LogP contribution in [-0.4, -0.2) is 19.2 Å². The van der Waals surface area contributed by atoms with E-state index in [9.17, 15) is 8.42 Å². The van der Waals surface area contributed by atoms with Crippen molar-refractivity contribution in [1.29, 1.82) is 0 Å². The molecule has 0 amide bonds. The molecule has 0 aliphatic rings. The highest BCUT2D eigenvalue weighted by Crippen LogP contribution is 2.22. The highest BCUT2D eigenvalue weighted by molar-refractivity contribution is 9.10. The number of hydrogen-bond donors (Lipinski definition) is 1. The maximum Gasteiger partial charge on any atom is 0.233 e. The Morgan fingerprint density at radius 1 is 1.19 bits per heavy atom. The third-order valence-corrected chi connectivity index (χ3v) is 4.89. The molecule has 2 aromatic rings. The number of halogens is 1. The van der Waals surface area contributed by atoms with Gasteiger partial charge in [0.05, 0.1) is 11.4 Å². The zero-order chi connectivity index (χ0) is 15.3. The molecule has 0 aliphatic heterocycles. The second-order valence-corrected chi connectivity index (χ2v) is 7.44. The summed E-state index contributed by atoms with van der Waals surface area (Å²) in [5.74, 6) is 0.0518. The van der Waals surface area contributed by atoms with E-state index >= 15 is 0 Å². The second-order valence-electron chi connectivity index (χ2n) is 4.68. The van der Waals surface area contributed by atoms with E-state index in [0.717, 1.165) is 22.0 Å². The van der Waals surface area contributed by atoms with Crippen molar-refractivity contribution in [3.8, 4) is 0 Å². The number of benzene rings is 1. The fraction of sp³-hybridized carbons (Fsp3) is 0.267. The van der Waals surface area contributed by atoms with E-state index in [1.807, 2.05) is 31.2 Å². The van der Waals surface area contributed by atoms with Gasteiger partial charge in [0.25, 0.3) is 0 Å². The van der Waals surface area contributed by atoms with Crippen LogP contribution in [0.4, 0.5) is 5.69 Å². The van der Waals surface area contributed by atoms with Gasteiger partial charge in [-0.05, 0) is 54.3 Å². The molecule has 0 bridgehead atoms. The van der Waals surface area contributed by atoms with Gasteiger partial charge in [-0.1, -0.05) is 22.9 Å². The van der Waals surface area contributed by atoms with Gasteiger partial charge in [0, 0.05) is 16.9 Å². The van der Waals surface area contributed by atoms with E-state index < -0.39 is 10.0 Å². The summed E-state index contributed by atoms with van der Waals surface area (Å²) in [4.78, 5) is 3.92. The smallest absolute Gasteiger partial charge is 0.233 e. The maximum atomic E-state index is 12.2. The first-order chi connectivity index (χ1) is 10.00. The zero-order valence-electron chi connectivity index (χ0n) is 11.7. The minimum Gasteiger partial charge on any atom is -0.283 e. The molecule has 6 heteroatoms. The largest absolute Gasteiger partial charge is 0.283 e. The van der Waals surface area contributed by atoms with Crippen molar-refractivity contribution >= 4 is 31.6 Å². The molecule has 0 atom stereocenters. The first-order valence-electron chi connectivity index (χ1n) is 6.68. The van der Waals surface area contributed by atoms with Crippen LogP contribution in [0.5, 0.6) is 0 Å². The minimum absolute atomic E-state index is 0.0518. The summed E-state index contributed by atoms with van der Waals surface area (Å²) in [6.45, 7) is 2.00. The van der Waals surface area contributed by atoms with Crippen molar-refractivity contribution in [2.24, 2.45) is 0 Å². The molecular weight excluding hydrogens is 352 g/mol. The van der Waals surface area contributed by atoms with Gasteiger partial charge < -0.3 is 0 Å². The molecular formula is C15H17BrN2O2S. The summed E-state index contributed by atoms with van der Waals surface area (Å²) in [6.07, 6.45) is 4.57. The summed E-state index contributed by atoms with van der Waals surface area (Å²) in [5.41, 5.74) is 2.58. The Hall–Kier alpha value is -1.40. The van der Waals surface area contributed by atoms with Crippen LogP contribution in [0, 0.1) is 0 Å². The van der Waals surface area contributed by atoms with Gasteiger partial charge in [-0.15, -0.1) is 0 Å². The standard InChI is InChI=1S/C15H17BrN2O2S/c1-2-13-11-14(16)3-4-15(13)18-21(19,20)10-7-12-5-8-17-9-6-12/h3-6,8-9,11,18H,2,7,10H2,1H3. The van der Waals surface area contributed by atoms with Gasteiger partial charge in [-0.3, -0.25) is 9.71 Å². The summed E-state index contributed by atoms with van der Waals surface area (Å²) in [5, 5.41) is 0. The lowest BCUT2D eigenvalue weighted by Gasteiger charge is -2.12. The van der Waals surface area contributed by atoms with Crippen molar-refractivity contribution in [2.75, 3.05) is 10.5 Å². The van der Waals surface area contributed by atoms with Crippen molar-refractivity contribution in [3.63, 3.8) is 0 Å². The van der Waals surface area contributed by atoms with E-state index in [0.29, 0.717) is 12.1 Å². The third kappa shape index (κ3) is 4.82. The molecule has 21 heavy (non-hydrogen) atoms. The third-order valence-electron chi connectivity index (χ3n) is 3.12. The van der Waals surface area contributed by atoms with Crippen LogP contribution < -0.4 is 4.72 Å². The van der Waals surface area contributed by atoms with Crippen molar-refractivity contribution in [2.45, 2.75) is 19.8 Å². The predicted octanol–water partition coefficient (Wildman–Crippen LogP) is 3.39. The number of hydrogen-bond acceptors (Lipinski definition) is 3. The molecule has 4 nitrogen and oxygen atoms in total. The lowest BCUT2D eigenvalue weighted by atomic mass is 10.1. The van der Waals surface area contributed by atoms with Gasteiger partial charge >= 0.3 is 0 Å². The molecule has 1 aromatic carbocycles.